The van der Waals surface area contributed by atoms with Gasteiger partial charge in [0.25, 0.3) is 0 Å². The monoisotopic (exact) mass is 744 g/mol. The van der Waals surface area contributed by atoms with Gasteiger partial charge in [0, 0.05) is 38.9 Å². The lowest BCUT2D eigenvalue weighted by molar-refractivity contribution is 0.137. The van der Waals surface area contributed by atoms with Crippen molar-refractivity contribution >= 4 is 38.9 Å². The molecule has 2 nitrogen and oxygen atoms in total. The van der Waals surface area contributed by atoms with Crippen molar-refractivity contribution in [2.24, 2.45) is 11.8 Å². The summed E-state index contributed by atoms with van der Waals surface area (Å²) in [6.45, 7) is 0. The average Bonchev–Trinajstić information content (AvgIpc) is 3.78. The maximum absolute atomic E-state index is 2.72. The van der Waals surface area contributed by atoms with Crippen LogP contribution in [-0.4, -0.2) is 4.57 Å². The first-order chi connectivity index (χ1) is 28.3. The van der Waals surface area contributed by atoms with Crippen LogP contribution in [0.1, 0.15) is 119 Å². The van der Waals surface area contributed by atoms with E-state index in [1.807, 2.05) is 0 Å². The Bertz CT molecular complexity index is 2520. The Morgan fingerprint density at radius 2 is 1.02 bits per heavy atom. The lowest BCUT2D eigenvalue weighted by atomic mass is 9.55. The molecule has 2 heteroatoms. The lowest BCUT2D eigenvalue weighted by Gasteiger charge is -2.49. The normalized spacial score (nSPS) is 18.8. The summed E-state index contributed by atoms with van der Waals surface area (Å²) in [5.41, 5.74) is 15.4. The number of aromatic nitrogens is 1. The first-order valence-corrected chi connectivity index (χ1v) is 22.5. The largest absolute Gasteiger partial charge is 0.310 e. The standard InChI is InChI=1S/C55H56N2/c1-5-19-39(20-6-1)45-27-14-17-31-52(45)56(44-34-36-49-48-29-15-18-32-53(48)57(54(49)38-44)42-25-11-4-12-26-42)43-33-35-47-46-28-13-16-30-50(46)55(51(47)37-43,40-21-7-2-8-22-40)41-23-9-3-10-24-41/h4,11-18,25-41H,1-3,5-10,19-24H2. The SMILES string of the molecule is c1ccc(-n2c3ccccc3c3ccc(N(c4ccc5c(c4)C(C4CCCCC4)(C4CCCCC4)c4ccccc4-5)c4ccccc4C4CCCCC4)cc32)cc1. The number of fused-ring (bicyclic) bond motifs is 6. The van der Waals surface area contributed by atoms with Gasteiger partial charge in [0.1, 0.15) is 0 Å². The van der Waals surface area contributed by atoms with Crippen molar-refractivity contribution in [1.29, 1.82) is 0 Å². The van der Waals surface area contributed by atoms with Crippen molar-refractivity contribution < 1.29 is 0 Å². The molecule has 0 unspecified atom stereocenters. The number of hydrogen-bond acceptors (Lipinski definition) is 1. The molecule has 1 heterocycles. The Morgan fingerprint density at radius 1 is 0.439 bits per heavy atom. The van der Waals surface area contributed by atoms with Gasteiger partial charge in [0.2, 0.25) is 0 Å². The zero-order valence-corrected chi connectivity index (χ0v) is 33.5. The first kappa shape index (κ1) is 35.1. The highest BCUT2D eigenvalue weighted by atomic mass is 15.1. The Balaban J connectivity index is 1.17. The van der Waals surface area contributed by atoms with Crippen LogP contribution in [0.2, 0.25) is 0 Å². The van der Waals surface area contributed by atoms with E-state index in [4.69, 9.17) is 0 Å². The Kier molecular flexibility index (Phi) is 9.05. The second-order valence-electron chi connectivity index (χ2n) is 17.9. The van der Waals surface area contributed by atoms with Gasteiger partial charge in [-0.2, -0.15) is 0 Å². The maximum Gasteiger partial charge on any atom is 0.0561 e. The van der Waals surface area contributed by atoms with Gasteiger partial charge < -0.3 is 9.47 Å². The summed E-state index contributed by atoms with van der Waals surface area (Å²) in [5.74, 6) is 1.96. The van der Waals surface area contributed by atoms with Crippen LogP contribution in [0.5, 0.6) is 0 Å². The minimum Gasteiger partial charge on any atom is -0.310 e. The second kappa shape index (κ2) is 14.7. The highest BCUT2D eigenvalue weighted by Crippen LogP contribution is 2.62. The van der Waals surface area contributed by atoms with Crippen molar-refractivity contribution in [3.8, 4) is 16.8 Å². The van der Waals surface area contributed by atoms with E-state index in [1.165, 1.54) is 158 Å². The maximum atomic E-state index is 2.72. The molecule has 4 aliphatic carbocycles. The van der Waals surface area contributed by atoms with E-state index >= 15 is 0 Å². The van der Waals surface area contributed by atoms with Gasteiger partial charge in [0.05, 0.1) is 11.0 Å². The number of para-hydroxylation sites is 3. The summed E-state index contributed by atoms with van der Waals surface area (Å²) >= 11 is 0. The van der Waals surface area contributed by atoms with Crippen molar-refractivity contribution in [3.63, 3.8) is 0 Å². The second-order valence-corrected chi connectivity index (χ2v) is 17.9. The molecule has 6 aromatic carbocycles. The van der Waals surface area contributed by atoms with E-state index in [0.29, 0.717) is 17.8 Å². The minimum absolute atomic E-state index is 0.0705. The fraction of sp³-hybridized carbons (Fsp3) is 0.345. The van der Waals surface area contributed by atoms with Crippen LogP contribution in [0, 0.1) is 11.8 Å². The zero-order valence-electron chi connectivity index (χ0n) is 33.5. The summed E-state index contributed by atoms with van der Waals surface area (Å²) in [6, 6.07) is 54.0. The number of hydrogen-bond donors (Lipinski definition) is 0. The van der Waals surface area contributed by atoms with E-state index in [2.05, 4.69) is 149 Å². The van der Waals surface area contributed by atoms with Gasteiger partial charge in [-0.25, -0.2) is 0 Å². The smallest absolute Gasteiger partial charge is 0.0561 e. The molecule has 0 saturated heterocycles. The van der Waals surface area contributed by atoms with Crippen LogP contribution in [-0.2, 0) is 5.41 Å². The molecule has 3 fully saturated rings. The van der Waals surface area contributed by atoms with Crippen molar-refractivity contribution in [3.05, 3.63) is 156 Å². The lowest BCUT2D eigenvalue weighted by Crippen LogP contribution is -2.44. The average molecular weight is 745 g/mol. The van der Waals surface area contributed by atoms with Crippen LogP contribution in [0.3, 0.4) is 0 Å². The van der Waals surface area contributed by atoms with Gasteiger partial charge in [-0.15, -0.1) is 0 Å². The number of benzene rings is 6. The molecule has 286 valence electrons. The van der Waals surface area contributed by atoms with Crippen LogP contribution >= 0.6 is 0 Å². The summed E-state index contributed by atoms with van der Waals surface area (Å²) in [7, 11) is 0. The van der Waals surface area contributed by atoms with E-state index in [0.717, 1.165) is 0 Å². The number of anilines is 3. The Morgan fingerprint density at radius 3 is 1.79 bits per heavy atom. The van der Waals surface area contributed by atoms with Gasteiger partial charge in [-0.3, -0.25) is 0 Å². The van der Waals surface area contributed by atoms with Gasteiger partial charge in [-0.05, 0) is 133 Å². The third-order valence-electron chi connectivity index (χ3n) is 15.0. The van der Waals surface area contributed by atoms with Crippen molar-refractivity contribution in [2.45, 2.75) is 108 Å². The molecule has 7 aromatic rings. The first-order valence-electron chi connectivity index (χ1n) is 22.5. The van der Waals surface area contributed by atoms with Crippen LogP contribution in [0.4, 0.5) is 17.1 Å². The molecule has 0 bridgehead atoms. The van der Waals surface area contributed by atoms with Crippen LogP contribution in [0.25, 0.3) is 38.6 Å². The molecule has 0 radical (unpaired) electrons. The third-order valence-corrected chi connectivity index (χ3v) is 15.0. The predicted octanol–water partition coefficient (Wildman–Crippen LogP) is 15.7. The molecular weight excluding hydrogens is 689 g/mol. The van der Waals surface area contributed by atoms with Gasteiger partial charge in [-0.1, -0.05) is 149 Å². The van der Waals surface area contributed by atoms with E-state index in [9.17, 15) is 0 Å². The molecule has 0 amide bonds. The van der Waals surface area contributed by atoms with E-state index in [-0.39, 0.29) is 5.41 Å². The van der Waals surface area contributed by atoms with Gasteiger partial charge >= 0.3 is 0 Å². The quantitative estimate of drug-likeness (QED) is 0.158. The van der Waals surface area contributed by atoms with E-state index < -0.39 is 0 Å². The van der Waals surface area contributed by atoms with E-state index in [1.54, 1.807) is 11.1 Å². The van der Waals surface area contributed by atoms with Crippen molar-refractivity contribution in [1.82, 2.24) is 4.57 Å². The fourth-order valence-corrected chi connectivity index (χ4v) is 12.6. The molecule has 0 atom stereocenters. The highest BCUT2D eigenvalue weighted by Gasteiger charge is 2.53. The Hall–Kier alpha value is -5.08. The topological polar surface area (TPSA) is 8.17 Å². The molecule has 0 N–H and O–H groups in total. The zero-order chi connectivity index (χ0) is 37.8. The highest BCUT2D eigenvalue weighted by molar-refractivity contribution is 6.10. The minimum atomic E-state index is 0.0705. The molecule has 0 aliphatic heterocycles. The summed E-state index contributed by atoms with van der Waals surface area (Å²) in [4.78, 5) is 2.67. The summed E-state index contributed by atoms with van der Waals surface area (Å²) < 4.78 is 2.48. The Labute approximate surface area is 339 Å². The predicted molar refractivity (Wildman–Crippen MR) is 241 cm³/mol. The molecular formula is C55H56N2. The summed E-state index contributed by atoms with van der Waals surface area (Å²) in [6.07, 6.45) is 20.2. The number of rotatable bonds is 7. The van der Waals surface area contributed by atoms with Gasteiger partial charge in [0.15, 0.2) is 0 Å². The molecule has 3 saturated carbocycles. The van der Waals surface area contributed by atoms with Crippen molar-refractivity contribution in [2.75, 3.05) is 4.90 Å². The summed E-state index contributed by atoms with van der Waals surface area (Å²) in [5, 5.41) is 2.61. The fourth-order valence-electron chi connectivity index (χ4n) is 12.6. The molecule has 1 aromatic heterocycles. The third kappa shape index (κ3) is 5.72. The van der Waals surface area contributed by atoms with Crippen LogP contribution in [0.15, 0.2) is 140 Å². The molecule has 0 spiro atoms. The number of nitrogens with zero attached hydrogens (tertiary/aromatic N) is 2. The molecule has 57 heavy (non-hydrogen) atoms. The molecule has 11 rings (SSSR count). The molecule has 4 aliphatic rings. The van der Waals surface area contributed by atoms with Crippen LogP contribution < -0.4 is 4.90 Å².